The number of nitrogens with zero attached hydrogens (tertiary/aromatic N) is 1. The number of methoxy groups -OCH3 is 1. The first-order valence-corrected chi connectivity index (χ1v) is 11.5. The predicted octanol–water partition coefficient (Wildman–Crippen LogP) is 4.45. The summed E-state index contributed by atoms with van der Waals surface area (Å²) in [5.74, 6) is -0.0875. The van der Waals surface area contributed by atoms with E-state index in [1.165, 1.54) is 0 Å². The van der Waals surface area contributed by atoms with Gasteiger partial charge in [-0.2, -0.15) is 0 Å². The fourth-order valence-corrected chi connectivity index (χ4v) is 5.28. The molecule has 3 rings (SSSR count). The van der Waals surface area contributed by atoms with E-state index in [2.05, 4.69) is 5.32 Å². The third-order valence-electron chi connectivity index (χ3n) is 5.51. The summed E-state index contributed by atoms with van der Waals surface area (Å²) in [7, 11) is -2.27. The van der Waals surface area contributed by atoms with Gasteiger partial charge in [0.25, 0.3) is 5.91 Å². The number of ether oxygens (including phenoxy) is 1. The van der Waals surface area contributed by atoms with Crippen LogP contribution in [0, 0.1) is 27.7 Å². The van der Waals surface area contributed by atoms with Crippen molar-refractivity contribution in [2.24, 2.45) is 0 Å². The van der Waals surface area contributed by atoms with E-state index in [0.29, 0.717) is 24.3 Å². The van der Waals surface area contributed by atoms with Gasteiger partial charge in [0.15, 0.2) is 0 Å². The normalized spacial score (nSPS) is 11.5. The van der Waals surface area contributed by atoms with Gasteiger partial charge in [-0.3, -0.25) is 4.79 Å². The molecule has 0 saturated carbocycles. The summed E-state index contributed by atoms with van der Waals surface area (Å²) in [6.45, 7) is 8.16. The van der Waals surface area contributed by atoms with Gasteiger partial charge in [-0.1, -0.05) is 35.9 Å². The average molecular weight is 441 g/mol. The highest BCUT2D eigenvalue weighted by Gasteiger charge is 2.30. The fourth-order valence-electron chi connectivity index (χ4n) is 3.59. The maximum absolute atomic E-state index is 13.6. The molecule has 7 heteroatoms. The molecule has 2 aromatic carbocycles. The molecule has 1 amide bonds. The molecule has 1 heterocycles. The monoisotopic (exact) mass is 440 g/mol. The second-order valence-electron chi connectivity index (χ2n) is 7.62. The second-order valence-corrected chi connectivity index (χ2v) is 9.50. The molecule has 0 spiro atoms. The van der Waals surface area contributed by atoms with E-state index >= 15 is 0 Å². The summed E-state index contributed by atoms with van der Waals surface area (Å²) >= 11 is 0. The minimum absolute atomic E-state index is 0.117. The van der Waals surface area contributed by atoms with Crippen LogP contribution in [0.5, 0.6) is 0 Å². The van der Waals surface area contributed by atoms with Crippen molar-refractivity contribution in [1.82, 2.24) is 4.57 Å². The molecule has 0 aliphatic rings. The van der Waals surface area contributed by atoms with Gasteiger partial charge in [0.05, 0.1) is 11.5 Å². The van der Waals surface area contributed by atoms with Crippen molar-refractivity contribution in [3.8, 4) is 0 Å². The summed E-state index contributed by atoms with van der Waals surface area (Å²) in [4.78, 5) is 13.4. The number of rotatable bonds is 7. The van der Waals surface area contributed by atoms with Gasteiger partial charge in [0.2, 0.25) is 9.84 Å². The lowest BCUT2D eigenvalue weighted by atomic mass is 10.1. The molecule has 0 aliphatic heterocycles. The van der Waals surface area contributed by atoms with Crippen LogP contribution < -0.4 is 5.32 Å². The van der Waals surface area contributed by atoms with Crippen LogP contribution in [0.1, 0.15) is 32.7 Å². The molecule has 0 unspecified atom stereocenters. The first-order valence-electron chi connectivity index (χ1n) is 10.1. The van der Waals surface area contributed by atoms with Crippen molar-refractivity contribution in [2.75, 3.05) is 19.0 Å². The smallest absolute Gasteiger partial charge is 0.257 e. The van der Waals surface area contributed by atoms with Crippen molar-refractivity contribution in [3.05, 3.63) is 76.5 Å². The number of anilines is 1. The maximum Gasteiger partial charge on any atom is 0.257 e. The summed E-state index contributed by atoms with van der Waals surface area (Å²) in [6, 6.07) is 13.9. The lowest BCUT2D eigenvalue weighted by molar-refractivity contribution is 0.102. The van der Waals surface area contributed by atoms with Crippen molar-refractivity contribution in [1.29, 1.82) is 0 Å². The molecule has 0 fully saturated rings. The van der Waals surface area contributed by atoms with E-state index in [9.17, 15) is 13.2 Å². The summed E-state index contributed by atoms with van der Waals surface area (Å²) < 4.78 is 34.2. The highest BCUT2D eigenvalue weighted by atomic mass is 32.2. The van der Waals surface area contributed by atoms with Gasteiger partial charge in [-0.25, -0.2) is 8.42 Å². The zero-order chi connectivity index (χ0) is 22.8. The maximum atomic E-state index is 13.6. The fraction of sp³-hybridized carbons (Fsp3) is 0.292. The number of aryl methyl sites for hydroxylation is 2. The van der Waals surface area contributed by atoms with Crippen LogP contribution in [0.3, 0.4) is 0 Å². The van der Waals surface area contributed by atoms with Crippen molar-refractivity contribution >= 4 is 21.6 Å². The molecule has 3 aromatic rings. The molecule has 6 nitrogen and oxygen atoms in total. The largest absolute Gasteiger partial charge is 0.383 e. The Morgan fingerprint density at radius 3 is 2.26 bits per heavy atom. The Kier molecular flexibility index (Phi) is 6.67. The van der Waals surface area contributed by atoms with Crippen LogP contribution in [0.25, 0.3) is 0 Å². The van der Waals surface area contributed by atoms with E-state index in [1.54, 1.807) is 55.0 Å². The van der Waals surface area contributed by atoms with Crippen LogP contribution in [0.15, 0.2) is 58.3 Å². The van der Waals surface area contributed by atoms with E-state index < -0.39 is 9.84 Å². The van der Waals surface area contributed by atoms with E-state index in [0.717, 1.165) is 16.8 Å². The number of hydrogen-bond donors (Lipinski definition) is 1. The molecule has 0 radical (unpaired) electrons. The number of amides is 1. The van der Waals surface area contributed by atoms with Crippen molar-refractivity contribution in [2.45, 2.75) is 44.0 Å². The molecule has 0 atom stereocenters. The number of carbonyl (C=O) groups excluding carboxylic acids is 1. The first-order chi connectivity index (χ1) is 14.7. The SMILES string of the molecule is COCCn1c(C)c(C)c(S(=O)(=O)c2ccc(C)cc2)c1NC(=O)c1ccccc1C. The molecular formula is C24H28N2O4S. The minimum Gasteiger partial charge on any atom is -0.383 e. The number of benzene rings is 2. The lowest BCUT2D eigenvalue weighted by Crippen LogP contribution is -2.19. The van der Waals surface area contributed by atoms with Crippen LogP contribution in [0.4, 0.5) is 5.82 Å². The topological polar surface area (TPSA) is 77.4 Å². The van der Waals surface area contributed by atoms with Crippen molar-refractivity contribution < 1.29 is 17.9 Å². The Morgan fingerprint density at radius 1 is 1.00 bits per heavy atom. The Balaban J connectivity index is 2.18. The standard InChI is InChI=1S/C24H28N2O4S/c1-16-10-12-20(13-11-16)31(28,29)22-18(3)19(4)26(14-15-30-5)23(22)25-24(27)21-9-7-6-8-17(21)2/h6-13H,14-15H2,1-5H3,(H,25,27). The van der Waals surface area contributed by atoms with E-state index in [1.807, 2.05) is 32.9 Å². The number of nitrogens with one attached hydrogen (secondary N) is 1. The highest BCUT2D eigenvalue weighted by Crippen LogP contribution is 2.35. The van der Waals surface area contributed by atoms with Crippen LogP contribution in [-0.4, -0.2) is 32.6 Å². The van der Waals surface area contributed by atoms with E-state index in [-0.39, 0.29) is 21.5 Å². The molecule has 0 aliphatic carbocycles. The van der Waals surface area contributed by atoms with Crippen LogP contribution in [0.2, 0.25) is 0 Å². The van der Waals surface area contributed by atoms with Gasteiger partial charge < -0.3 is 14.6 Å². The summed E-state index contributed by atoms with van der Waals surface area (Å²) in [5.41, 5.74) is 3.65. The average Bonchev–Trinajstić information content (AvgIpc) is 2.97. The Morgan fingerprint density at radius 2 is 1.65 bits per heavy atom. The molecule has 31 heavy (non-hydrogen) atoms. The summed E-state index contributed by atoms with van der Waals surface area (Å²) in [6.07, 6.45) is 0. The molecule has 0 saturated heterocycles. The quantitative estimate of drug-likeness (QED) is 0.589. The molecule has 1 aromatic heterocycles. The Hall–Kier alpha value is -2.90. The van der Waals surface area contributed by atoms with Gasteiger partial charge in [0.1, 0.15) is 10.7 Å². The zero-order valence-corrected chi connectivity index (χ0v) is 19.3. The van der Waals surface area contributed by atoms with Gasteiger partial charge in [-0.05, 0) is 57.0 Å². The molecular weight excluding hydrogens is 412 g/mol. The van der Waals surface area contributed by atoms with Crippen LogP contribution >= 0.6 is 0 Å². The number of hydrogen-bond acceptors (Lipinski definition) is 4. The highest BCUT2D eigenvalue weighted by molar-refractivity contribution is 7.91. The molecule has 164 valence electrons. The van der Waals surface area contributed by atoms with Gasteiger partial charge >= 0.3 is 0 Å². The van der Waals surface area contributed by atoms with Crippen LogP contribution in [-0.2, 0) is 21.1 Å². The van der Waals surface area contributed by atoms with Gasteiger partial charge in [0, 0.05) is 24.9 Å². The predicted molar refractivity (Wildman–Crippen MR) is 122 cm³/mol. The second kappa shape index (κ2) is 9.08. The minimum atomic E-state index is -3.86. The third-order valence-corrected chi connectivity index (χ3v) is 7.44. The zero-order valence-electron chi connectivity index (χ0n) is 18.5. The third kappa shape index (κ3) is 4.43. The van der Waals surface area contributed by atoms with E-state index in [4.69, 9.17) is 4.74 Å². The Labute approximate surface area is 183 Å². The number of sulfone groups is 1. The first kappa shape index (κ1) is 22.8. The molecule has 0 bridgehead atoms. The Bertz CT molecular complexity index is 1210. The summed E-state index contributed by atoms with van der Waals surface area (Å²) in [5, 5.41) is 2.88. The van der Waals surface area contributed by atoms with Crippen molar-refractivity contribution in [3.63, 3.8) is 0 Å². The van der Waals surface area contributed by atoms with Gasteiger partial charge in [-0.15, -0.1) is 0 Å². The molecule has 1 N–H and O–H groups in total. The number of aromatic nitrogens is 1. The lowest BCUT2D eigenvalue weighted by Gasteiger charge is -2.15. The number of carbonyl (C=O) groups is 1.